The van der Waals surface area contributed by atoms with Crippen LogP contribution < -0.4 is 10.7 Å². The fourth-order valence-electron chi connectivity index (χ4n) is 2.81. The van der Waals surface area contributed by atoms with E-state index in [1.54, 1.807) is 18.5 Å². The molecule has 0 fully saturated rings. The average Bonchev–Trinajstić information content (AvgIpc) is 2.89. The van der Waals surface area contributed by atoms with Crippen molar-refractivity contribution in [2.45, 2.75) is 6.42 Å². The second-order valence-corrected chi connectivity index (χ2v) is 5.91. The summed E-state index contributed by atoms with van der Waals surface area (Å²) >= 11 is 6.14. The molecule has 0 saturated carbocycles. The zero-order valence-electron chi connectivity index (χ0n) is 12.6. The van der Waals surface area contributed by atoms with Gasteiger partial charge in [0.25, 0.3) is 5.91 Å². The Bertz CT molecular complexity index is 948. The first kappa shape index (κ1) is 14.7. The van der Waals surface area contributed by atoms with Crippen molar-refractivity contribution in [3.05, 3.63) is 59.0 Å². The van der Waals surface area contributed by atoms with Crippen LogP contribution in [0.2, 0.25) is 5.02 Å². The Kier molecular flexibility index (Phi) is 3.66. The van der Waals surface area contributed by atoms with Crippen molar-refractivity contribution in [1.29, 1.82) is 0 Å². The number of rotatable bonds is 2. The second-order valence-electron chi connectivity index (χ2n) is 5.48. The molecule has 24 heavy (non-hydrogen) atoms. The van der Waals surface area contributed by atoms with Gasteiger partial charge in [-0.15, -0.1) is 0 Å². The van der Waals surface area contributed by atoms with Gasteiger partial charge in [-0.2, -0.15) is 5.10 Å². The number of fused-ring (bicyclic) bond motifs is 3. The van der Waals surface area contributed by atoms with E-state index in [0.29, 0.717) is 23.7 Å². The van der Waals surface area contributed by atoms with E-state index in [1.165, 1.54) is 0 Å². The summed E-state index contributed by atoms with van der Waals surface area (Å²) in [5, 5.41) is 8.92. The van der Waals surface area contributed by atoms with Crippen molar-refractivity contribution in [2.75, 3.05) is 12.0 Å². The Balaban J connectivity index is 1.84. The number of aromatic amines is 1. The maximum absolute atomic E-state index is 12.3. The van der Waals surface area contributed by atoms with Crippen molar-refractivity contribution >= 4 is 39.8 Å². The molecular weight excluding hydrogens is 326 g/mol. The maximum atomic E-state index is 12.3. The van der Waals surface area contributed by atoms with Crippen molar-refractivity contribution < 1.29 is 4.79 Å². The topological polar surface area (TPSA) is 82.2 Å². The van der Waals surface area contributed by atoms with Gasteiger partial charge in [-0.3, -0.25) is 15.2 Å². The van der Waals surface area contributed by atoms with E-state index in [2.05, 4.69) is 25.8 Å². The highest BCUT2D eigenvalue weighted by atomic mass is 35.5. The summed E-state index contributed by atoms with van der Waals surface area (Å²) in [6, 6.07) is 9.18. The van der Waals surface area contributed by atoms with Crippen LogP contribution >= 0.6 is 11.6 Å². The number of carbonyl (C=O) groups is 1. The summed E-state index contributed by atoms with van der Waals surface area (Å²) in [5.41, 5.74) is 6.83. The molecule has 3 aromatic rings. The minimum absolute atomic E-state index is 0.133. The van der Waals surface area contributed by atoms with Gasteiger partial charge in [-0.05, 0) is 30.3 Å². The molecule has 0 unspecified atom stereocenters. The minimum atomic E-state index is -0.133. The van der Waals surface area contributed by atoms with Crippen LogP contribution in [0.5, 0.6) is 0 Å². The molecule has 0 spiro atoms. The lowest BCUT2D eigenvalue weighted by atomic mass is 10.0. The molecule has 1 aliphatic rings. The standard InChI is InChI=1S/C17H14ClN5O/c18-10-1-2-13-12(9-10)15-14(5-8-20-17(24)16(15)21-13)23-22-11-3-6-19-7-4-11/h1-4,6-7,9,21H,5,8H2,(H,19,22)(H,20,24)/b23-14+. The van der Waals surface area contributed by atoms with Crippen LogP contribution in [0.1, 0.15) is 22.5 Å². The third-order valence-electron chi connectivity index (χ3n) is 3.92. The van der Waals surface area contributed by atoms with Gasteiger partial charge in [-0.1, -0.05) is 11.6 Å². The zero-order chi connectivity index (χ0) is 16.5. The molecule has 0 saturated heterocycles. The quantitative estimate of drug-likeness (QED) is 0.627. The molecule has 1 aliphatic heterocycles. The van der Waals surface area contributed by atoms with Crippen LogP contribution in [0, 0.1) is 0 Å². The first-order valence-corrected chi connectivity index (χ1v) is 7.92. The number of nitrogens with one attached hydrogen (secondary N) is 3. The average molecular weight is 340 g/mol. The molecule has 7 heteroatoms. The van der Waals surface area contributed by atoms with Crippen LogP contribution in [-0.4, -0.2) is 28.1 Å². The molecule has 0 bridgehead atoms. The van der Waals surface area contributed by atoms with Crippen molar-refractivity contribution in [1.82, 2.24) is 15.3 Å². The number of H-pyrrole nitrogens is 1. The molecule has 4 rings (SSSR count). The van der Waals surface area contributed by atoms with E-state index in [9.17, 15) is 4.79 Å². The van der Waals surface area contributed by atoms with Crippen LogP contribution in [-0.2, 0) is 0 Å². The van der Waals surface area contributed by atoms with Gasteiger partial charge < -0.3 is 10.3 Å². The molecule has 1 amide bonds. The summed E-state index contributed by atoms with van der Waals surface area (Å²) in [4.78, 5) is 19.5. The number of hydrogen-bond acceptors (Lipinski definition) is 4. The molecule has 0 atom stereocenters. The predicted octanol–water partition coefficient (Wildman–Crippen LogP) is 3.17. The first-order chi connectivity index (χ1) is 11.7. The highest BCUT2D eigenvalue weighted by Gasteiger charge is 2.25. The summed E-state index contributed by atoms with van der Waals surface area (Å²) in [6.07, 6.45) is 4.01. The van der Waals surface area contributed by atoms with Gasteiger partial charge in [0.15, 0.2) is 0 Å². The van der Waals surface area contributed by atoms with Crippen molar-refractivity contribution in [2.24, 2.45) is 5.10 Å². The number of aromatic nitrogens is 2. The van der Waals surface area contributed by atoms with Crippen molar-refractivity contribution in [3.8, 4) is 0 Å². The molecule has 0 radical (unpaired) electrons. The number of hydrazone groups is 1. The molecule has 2 aromatic heterocycles. The number of anilines is 1. The molecule has 0 aliphatic carbocycles. The Labute approximate surface area is 142 Å². The highest BCUT2D eigenvalue weighted by molar-refractivity contribution is 6.32. The van der Waals surface area contributed by atoms with Gasteiger partial charge in [0, 0.05) is 46.8 Å². The molecule has 3 N–H and O–H groups in total. The number of amides is 1. The highest BCUT2D eigenvalue weighted by Crippen LogP contribution is 2.28. The summed E-state index contributed by atoms with van der Waals surface area (Å²) in [7, 11) is 0. The van der Waals surface area contributed by atoms with Gasteiger partial charge in [0.2, 0.25) is 0 Å². The van der Waals surface area contributed by atoms with Crippen LogP contribution in [0.15, 0.2) is 47.8 Å². The van der Waals surface area contributed by atoms with Crippen LogP contribution in [0.3, 0.4) is 0 Å². The van der Waals surface area contributed by atoms with E-state index in [1.807, 2.05) is 24.3 Å². The SMILES string of the molecule is O=C1NCC/C(=N\Nc2ccncc2)c2c1[nH]c1ccc(Cl)cc21. The Morgan fingerprint density at radius 2 is 2.04 bits per heavy atom. The maximum Gasteiger partial charge on any atom is 0.268 e. The number of nitrogens with zero attached hydrogens (tertiary/aromatic N) is 2. The molecule has 120 valence electrons. The number of halogens is 1. The lowest BCUT2D eigenvalue weighted by Crippen LogP contribution is -2.23. The Morgan fingerprint density at radius 1 is 1.21 bits per heavy atom. The number of benzene rings is 1. The van der Waals surface area contributed by atoms with E-state index in [4.69, 9.17) is 11.6 Å². The van der Waals surface area contributed by atoms with Gasteiger partial charge >= 0.3 is 0 Å². The lowest BCUT2D eigenvalue weighted by molar-refractivity contribution is 0.0952. The van der Waals surface area contributed by atoms with E-state index >= 15 is 0 Å². The van der Waals surface area contributed by atoms with Gasteiger partial charge in [0.1, 0.15) is 5.69 Å². The molecular formula is C17H14ClN5O. The Morgan fingerprint density at radius 3 is 2.88 bits per heavy atom. The fraction of sp³-hybridized carbons (Fsp3) is 0.118. The monoisotopic (exact) mass is 339 g/mol. The minimum Gasteiger partial charge on any atom is -0.350 e. The number of hydrogen-bond donors (Lipinski definition) is 3. The third-order valence-corrected chi connectivity index (χ3v) is 4.16. The zero-order valence-corrected chi connectivity index (χ0v) is 13.4. The second kappa shape index (κ2) is 5.98. The lowest BCUT2D eigenvalue weighted by Gasteiger charge is -2.06. The van der Waals surface area contributed by atoms with Crippen LogP contribution in [0.25, 0.3) is 10.9 Å². The smallest absolute Gasteiger partial charge is 0.268 e. The predicted molar refractivity (Wildman–Crippen MR) is 94.7 cm³/mol. The molecule has 6 nitrogen and oxygen atoms in total. The van der Waals surface area contributed by atoms with Crippen molar-refractivity contribution in [3.63, 3.8) is 0 Å². The summed E-state index contributed by atoms with van der Waals surface area (Å²) in [5.74, 6) is -0.133. The number of carbonyl (C=O) groups excluding carboxylic acids is 1. The molecule has 3 heterocycles. The van der Waals surface area contributed by atoms with E-state index < -0.39 is 0 Å². The third kappa shape index (κ3) is 2.61. The first-order valence-electron chi connectivity index (χ1n) is 7.55. The number of pyridine rings is 1. The van der Waals surface area contributed by atoms with Gasteiger partial charge in [-0.25, -0.2) is 0 Å². The van der Waals surface area contributed by atoms with E-state index in [0.717, 1.165) is 27.9 Å². The largest absolute Gasteiger partial charge is 0.350 e. The Hall–Kier alpha value is -2.86. The van der Waals surface area contributed by atoms with Gasteiger partial charge in [0.05, 0.1) is 11.4 Å². The summed E-state index contributed by atoms with van der Waals surface area (Å²) < 4.78 is 0. The van der Waals surface area contributed by atoms with E-state index in [-0.39, 0.29) is 5.91 Å². The van der Waals surface area contributed by atoms with Crippen LogP contribution in [0.4, 0.5) is 5.69 Å². The summed E-state index contributed by atoms with van der Waals surface area (Å²) in [6.45, 7) is 0.528. The molecule has 1 aromatic carbocycles. The fourth-order valence-corrected chi connectivity index (χ4v) is 2.98. The normalized spacial score (nSPS) is 15.9.